The lowest BCUT2D eigenvalue weighted by Crippen LogP contribution is -2.20. The van der Waals surface area contributed by atoms with Gasteiger partial charge in [-0.3, -0.25) is 4.98 Å². The van der Waals surface area contributed by atoms with Crippen LogP contribution in [0.3, 0.4) is 0 Å². The Labute approximate surface area is 126 Å². The maximum atomic E-state index is 4.78. The Bertz CT molecular complexity index is 669. The molecule has 1 aromatic carbocycles. The molecule has 110 valence electrons. The Morgan fingerprint density at radius 2 is 1.90 bits per heavy atom. The third-order valence-electron chi connectivity index (χ3n) is 4.85. The second kappa shape index (κ2) is 4.90. The molecule has 1 aliphatic carbocycles. The predicted molar refractivity (Wildman–Crippen MR) is 89.4 cm³/mol. The van der Waals surface area contributed by atoms with Gasteiger partial charge in [-0.15, -0.1) is 0 Å². The Hall–Kier alpha value is -1.77. The van der Waals surface area contributed by atoms with Gasteiger partial charge in [0.25, 0.3) is 0 Å². The summed E-state index contributed by atoms with van der Waals surface area (Å²) in [4.78, 5) is 9.69. The summed E-state index contributed by atoms with van der Waals surface area (Å²) in [5.74, 6) is 0. The molecule has 0 spiro atoms. The average molecular weight is 281 g/mol. The van der Waals surface area contributed by atoms with Crippen molar-refractivity contribution in [3.8, 4) is 0 Å². The first-order valence-corrected chi connectivity index (χ1v) is 8.11. The van der Waals surface area contributed by atoms with E-state index in [1.54, 1.807) is 0 Å². The van der Waals surface area contributed by atoms with Gasteiger partial charge in [0, 0.05) is 48.6 Å². The molecule has 0 bridgehead atoms. The number of anilines is 2. The third-order valence-corrected chi connectivity index (χ3v) is 4.85. The van der Waals surface area contributed by atoms with Crippen molar-refractivity contribution >= 4 is 22.3 Å². The van der Waals surface area contributed by atoms with Gasteiger partial charge in [0.2, 0.25) is 0 Å². The first-order valence-electron chi connectivity index (χ1n) is 8.11. The molecule has 21 heavy (non-hydrogen) atoms. The van der Waals surface area contributed by atoms with Crippen LogP contribution in [-0.2, 0) is 0 Å². The van der Waals surface area contributed by atoms with Crippen LogP contribution < -0.4 is 9.80 Å². The minimum absolute atomic E-state index is 0.741. The third kappa shape index (κ3) is 2.35. The lowest BCUT2D eigenvalue weighted by molar-refractivity contribution is 0.917. The van der Waals surface area contributed by atoms with Crippen LogP contribution in [0.15, 0.2) is 24.3 Å². The number of hydrogen-bond donors (Lipinski definition) is 0. The SMILES string of the molecule is Cc1cc(N2CCCC2)c2ccc(N(C)C3CC3)cc2n1. The Morgan fingerprint density at radius 1 is 1.14 bits per heavy atom. The number of aromatic nitrogens is 1. The topological polar surface area (TPSA) is 19.4 Å². The van der Waals surface area contributed by atoms with Gasteiger partial charge < -0.3 is 9.80 Å². The molecule has 1 saturated heterocycles. The fourth-order valence-electron chi connectivity index (χ4n) is 3.44. The quantitative estimate of drug-likeness (QED) is 0.854. The maximum Gasteiger partial charge on any atom is 0.0746 e. The highest BCUT2D eigenvalue weighted by Crippen LogP contribution is 2.34. The second-order valence-electron chi connectivity index (χ2n) is 6.52. The first kappa shape index (κ1) is 12.9. The summed E-state index contributed by atoms with van der Waals surface area (Å²) >= 11 is 0. The molecule has 2 aromatic rings. The molecule has 0 unspecified atom stereocenters. The standard InChI is InChI=1S/C18H23N3/c1-13-11-18(21-9-3-4-10-21)16-8-7-15(12-17(16)19-13)20(2)14-5-6-14/h7-8,11-12,14H,3-6,9-10H2,1-2H3. The molecule has 0 radical (unpaired) electrons. The zero-order valence-electron chi connectivity index (χ0n) is 13.0. The first-order chi connectivity index (χ1) is 10.2. The zero-order valence-corrected chi connectivity index (χ0v) is 13.0. The minimum atomic E-state index is 0.741. The molecule has 0 amide bonds. The van der Waals surface area contributed by atoms with Crippen LogP contribution in [-0.4, -0.2) is 31.2 Å². The molecule has 2 heterocycles. The van der Waals surface area contributed by atoms with E-state index in [2.05, 4.69) is 48.0 Å². The Balaban J connectivity index is 1.80. The van der Waals surface area contributed by atoms with Crippen molar-refractivity contribution in [1.82, 2.24) is 4.98 Å². The number of benzene rings is 1. The summed E-state index contributed by atoms with van der Waals surface area (Å²) in [5, 5.41) is 1.30. The highest BCUT2D eigenvalue weighted by atomic mass is 15.2. The van der Waals surface area contributed by atoms with Crippen LogP contribution in [0.4, 0.5) is 11.4 Å². The number of pyridine rings is 1. The van der Waals surface area contributed by atoms with E-state index < -0.39 is 0 Å². The van der Waals surface area contributed by atoms with Gasteiger partial charge in [-0.2, -0.15) is 0 Å². The zero-order chi connectivity index (χ0) is 14.4. The summed E-state index contributed by atoms with van der Waals surface area (Å²) < 4.78 is 0. The lowest BCUT2D eigenvalue weighted by Gasteiger charge is -2.22. The van der Waals surface area contributed by atoms with E-state index >= 15 is 0 Å². The molecule has 2 aliphatic rings. The summed E-state index contributed by atoms with van der Waals surface area (Å²) in [6.07, 6.45) is 5.28. The van der Waals surface area contributed by atoms with Crippen molar-refractivity contribution in [3.63, 3.8) is 0 Å². The number of nitrogens with zero attached hydrogens (tertiary/aromatic N) is 3. The Kier molecular flexibility index (Phi) is 3.02. The van der Waals surface area contributed by atoms with Gasteiger partial charge in [0.15, 0.2) is 0 Å². The molecule has 1 aromatic heterocycles. The summed E-state index contributed by atoms with van der Waals surface area (Å²) in [6.45, 7) is 4.47. The molecule has 2 fully saturated rings. The number of hydrogen-bond acceptors (Lipinski definition) is 3. The van der Waals surface area contributed by atoms with Crippen LogP contribution >= 0.6 is 0 Å². The number of rotatable bonds is 3. The smallest absolute Gasteiger partial charge is 0.0746 e. The lowest BCUT2D eigenvalue weighted by atomic mass is 10.1. The maximum absolute atomic E-state index is 4.78. The highest BCUT2D eigenvalue weighted by Gasteiger charge is 2.26. The van der Waals surface area contributed by atoms with Crippen LogP contribution in [0.5, 0.6) is 0 Å². The molecule has 0 N–H and O–H groups in total. The number of aryl methyl sites for hydroxylation is 1. The van der Waals surface area contributed by atoms with Crippen molar-refractivity contribution in [3.05, 3.63) is 30.0 Å². The fraction of sp³-hybridized carbons (Fsp3) is 0.500. The molecule has 0 atom stereocenters. The van der Waals surface area contributed by atoms with Crippen LogP contribution in [0.1, 0.15) is 31.4 Å². The molecule has 3 nitrogen and oxygen atoms in total. The fourth-order valence-corrected chi connectivity index (χ4v) is 3.44. The summed E-state index contributed by atoms with van der Waals surface area (Å²) in [6, 6.07) is 9.78. The van der Waals surface area contributed by atoms with Gasteiger partial charge in [-0.05, 0) is 56.9 Å². The van der Waals surface area contributed by atoms with Crippen LogP contribution in [0.25, 0.3) is 10.9 Å². The van der Waals surface area contributed by atoms with Gasteiger partial charge >= 0.3 is 0 Å². The van der Waals surface area contributed by atoms with E-state index in [0.717, 1.165) is 17.3 Å². The van der Waals surface area contributed by atoms with Crippen LogP contribution in [0.2, 0.25) is 0 Å². The van der Waals surface area contributed by atoms with Crippen molar-refractivity contribution in [2.24, 2.45) is 0 Å². The summed E-state index contributed by atoms with van der Waals surface area (Å²) in [7, 11) is 2.20. The van der Waals surface area contributed by atoms with E-state index in [-0.39, 0.29) is 0 Å². The minimum Gasteiger partial charge on any atom is -0.372 e. The monoisotopic (exact) mass is 281 g/mol. The van der Waals surface area contributed by atoms with Gasteiger partial charge in [-0.25, -0.2) is 0 Å². The molecule has 4 rings (SSSR count). The van der Waals surface area contributed by atoms with E-state index in [0.29, 0.717) is 0 Å². The Morgan fingerprint density at radius 3 is 2.62 bits per heavy atom. The van der Waals surface area contributed by atoms with Gasteiger partial charge in [-0.1, -0.05) is 0 Å². The van der Waals surface area contributed by atoms with E-state index in [4.69, 9.17) is 4.98 Å². The molecular formula is C18H23N3. The van der Waals surface area contributed by atoms with Crippen molar-refractivity contribution in [1.29, 1.82) is 0 Å². The van der Waals surface area contributed by atoms with Gasteiger partial charge in [0.05, 0.1) is 5.52 Å². The van der Waals surface area contributed by atoms with Crippen molar-refractivity contribution < 1.29 is 0 Å². The van der Waals surface area contributed by atoms with E-state index in [1.165, 1.54) is 55.5 Å². The van der Waals surface area contributed by atoms with Crippen molar-refractivity contribution in [2.45, 2.75) is 38.6 Å². The number of fused-ring (bicyclic) bond motifs is 1. The molecule has 3 heteroatoms. The molecule has 1 aliphatic heterocycles. The van der Waals surface area contributed by atoms with E-state index in [1.807, 2.05) is 0 Å². The summed E-state index contributed by atoms with van der Waals surface area (Å²) in [5.41, 5.74) is 4.93. The largest absolute Gasteiger partial charge is 0.372 e. The van der Waals surface area contributed by atoms with Crippen molar-refractivity contribution in [2.75, 3.05) is 29.9 Å². The van der Waals surface area contributed by atoms with Crippen LogP contribution in [0, 0.1) is 6.92 Å². The molecule has 1 saturated carbocycles. The van der Waals surface area contributed by atoms with Gasteiger partial charge in [0.1, 0.15) is 0 Å². The highest BCUT2D eigenvalue weighted by molar-refractivity contribution is 5.94. The normalized spacial score (nSPS) is 18.5. The second-order valence-corrected chi connectivity index (χ2v) is 6.52. The average Bonchev–Trinajstić information content (AvgIpc) is 3.19. The predicted octanol–water partition coefficient (Wildman–Crippen LogP) is 3.74. The molecular weight excluding hydrogens is 258 g/mol. The van der Waals surface area contributed by atoms with E-state index in [9.17, 15) is 0 Å².